The minimum atomic E-state index is -3.58. The van der Waals surface area contributed by atoms with Crippen LogP contribution in [0.5, 0.6) is 11.6 Å². The van der Waals surface area contributed by atoms with Gasteiger partial charge >= 0.3 is 18.0 Å². The lowest BCUT2D eigenvalue weighted by Gasteiger charge is -2.34. The maximum atomic E-state index is 15.7. The third-order valence-electron chi connectivity index (χ3n) is 8.27. The molecule has 1 saturated heterocycles. The maximum Gasteiger partial charge on any atom is 0.408 e. The molecule has 1 aromatic heterocycles. The molecule has 3 heterocycles. The SMILES string of the molecule is COc1ccc2nc3c(nc2c1)O[C@H]1CN(C(=O)[C@H](C(C)(C)C)NC(=O)O[C@@H]2C[C@H]2CC/C=C/C3(F)F)[C@H](C(=O)O)[C@@H]1C. The summed E-state index contributed by atoms with van der Waals surface area (Å²) in [5.74, 6) is -6.39. The van der Waals surface area contributed by atoms with Gasteiger partial charge in [0.15, 0.2) is 5.69 Å². The van der Waals surface area contributed by atoms with Gasteiger partial charge in [-0.05, 0) is 48.8 Å². The standard InChI is InChI=1S/C30H36F2N4O7/c1-15-21-14-36(22(15)27(38)39)26(37)24(29(2,3)4)35-28(40)43-20-12-16(20)8-6-7-11-30(31,32)23-25(42-21)34-19-13-17(41-5)9-10-18(19)33-23/h7,9-11,13,15-16,20-22,24H,6,8,12,14H2,1-5H3,(H,35,40)(H,38,39)/b11-7+/t15-,16-,20-,21+,22+,24-/m1/s1. The average molecular weight is 603 g/mol. The number of methoxy groups -OCH3 is 1. The van der Waals surface area contributed by atoms with Crippen molar-refractivity contribution in [3.8, 4) is 11.6 Å². The number of nitrogens with zero attached hydrogens (tertiary/aromatic N) is 3. The lowest BCUT2D eigenvalue weighted by molar-refractivity contribution is -0.151. The summed E-state index contributed by atoms with van der Waals surface area (Å²) in [6.45, 7) is 6.54. The van der Waals surface area contributed by atoms with Crippen molar-refractivity contribution in [1.82, 2.24) is 20.2 Å². The number of alkyl carbamates (subject to hydrolysis) is 1. The number of carbonyl (C=O) groups is 3. The molecule has 232 valence electrons. The highest BCUT2D eigenvalue weighted by molar-refractivity contribution is 5.90. The van der Waals surface area contributed by atoms with Gasteiger partial charge in [0, 0.05) is 12.0 Å². The van der Waals surface area contributed by atoms with Gasteiger partial charge in [-0.2, -0.15) is 8.78 Å². The van der Waals surface area contributed by atoms with Crippen LogP contribution in [0.4, 0.5) is 13.6 Å². The molecule has 0 radical (unpaired) electrons. The molecule has 13 heteroatoms. The van der Waals surface area contributed by atoms with Crippen LogP contribution in [0.3, 0.4) is 0 Å². The molecule has 2 amide bonds. The molecule has 11 nitrogen and oxygen atoms in total. The number of benzene rings is 1. The third-order valence-corrected chi connectivity index (χ3v) is 8.27. The zero-order valence-electron chi connectivity index (χ0n) is 24.7. The first-order chi connectivity index (χ1) is 20.2. The molecule has 0 spiro atoms. The van der Waals surface area contributed by atoms with E-state index in [-0.39, 0.29) is 23.5 Å². The summed E-state index contributed by atoms with van der Waals surface area (Å²) in [7, 11) is 1.46. The first kappa shape index (κ1) is 30.4. The number of hydrogen-bond donors (Lipinski definition) is 2. The Morgan fingerprint density at radius 3 is 2.58 bits per heavy atom. The number of carbonyl (C=O) groups excluding carboxylic acids is 2. The number of fused-ring (bicyclic) bond motifs is 5. The number of allylic oxidation sites excluding steroid dienone is 2. The van der Waals surface area contributed by atoms with Crippen LogP contribution in [0.2, 0.25) is 0 Å². The number of rotatable bonds is 2. The Kier molecular flexibility index (Phi) is 7.95. The van der Waals surface area contributed by atoms with Gasteiger partial charge in [-0.1, -0.05) is 33.8 Å². The van der Waals surface area contributed by atoms with Gasteiger partial charge < -0.3 is 29.5 Å². The molecule has 1 saturated carbocycles. The van der Waals surface area contributed by atoms with Crippen LogP contribution in [-0.4, -0.2) is 75.9 Å². The zero-order valence-corrected chi connectivity index (χ0v) is 24.7. The first-order valence-corrected chi connectivity index (χ1v) is 14.3. The Hall–Kier alpha value is -4.03. The molecule has 43 heavy (non-hydrogen) atoms. The van der Waals surface area contributed by atoms with E-state index in [9.17, 15) is 19.5 Å². The molecule has 3 aliphatic rings. The van der Waals surface area contributed by atoms with Crippen molar-refractivity contribution in [3.63, 3.8) is 0 Å². The number of alkyl halides is 2. The largest absolute Gasteiger partial charge is 0.497 e. The topological polar surface area (TPSA) is 140 Å². The van der Waals surface area contributed by atoms with E-state index >= 15 is 8.78 Å². The Balaban J connectivity index is 1.59. The molecule has 2 N–H and O–H groups in total. The number of hydrogen-bond acceptors (Lipinski definition) is 8. The number of amides is 2. The molecule has 1 aliphatic carbocycles. The maximum absolute atomic E-state index is 15.7. The Morgan fingerprint density at radius 2 is 1.91 bits per heavy atom. The normalized spacial score (nSPS) is 30.1. The van der Waals surface area contributed by atoms with Gasteiger partial charge in [0.05, 0.1) is 24.7 Å². The number of aliphatic carboxylic acids is 1. The van der Waals surface area contributed by atoms with Gasteiger partial charge in [0.1, 0.15) is 30.0 Å². The molecule has 2 fully saturated rings. The third kappa shape index (κ3) is 6.21. The highest BCUT2D eigenvalue weighted by Gasteiger charge is 2.51. The molecule has 0 unspecified atom stereocenters. The van der Waals surface area contributed by atoms with Crippen molar-refractivity contribution in [2.24, 2.45) is 17.3 Å². The van der Waals surface area contributed by atoms with Gasteiger partial charge in [-0.25, -0.2) is 19.6 Å². The van der Waals surface area contributed by atoms with Crippen molar-refractivity contribution >= 4 is 29.0 Å². The minimum Gasteiger partial charge on any atom is -0.497 e. The van der Waals surface area contributed by atoms with Crippen molar-refractivity contribution in [1.29, 1.82) is 0 Å². The lowest BCUT2D eigenvalue weighted by Crippen LogP contribution is -2.57. The van der Waals surface area contributed by atoms with Crippen LogP contribution in [0.1, 0.15) is 52.7 Å². The van der Waals surface area contributed by atoms with E-state index in [2.05, 4.69) is 15.3 Å². The van der Waals surface area contributed by atoms with E-state index in [1.807, 2.05) is 0 Å². The van der Waals surface area contributed by atoms with E-state index in [0.717, 1.165) is 11.0 Å². The van der Waals surface area contributed by atoms with Gasteiger partial charge in [0.25, 0.3) is 0 Å². The fourth-order valence-electron chi connectivity index (χ4n) is 5.67. The van der Waals surface area contributed by atoms with Crippen molar-refractivity contribution in [3.05, 3.63) is 36.0 Å². The second-order valence-corrected chi connectivity index (χ2v) is 12.5. The van der Waals surface area contributed by atoms with E-state index in [1.54, 1.807) is 33.8 Å². The van der Waals surface area contributed by atoms with Crippen LogP contribution in [0.25, 0.3) is 11.0 Å². The summed E-state index contributed by atoms with van der Waals surface area (Å²) in [5, 5.41) is 12.8. The van der Waals surface area contributed by atoms with E-state index in [4.69, 9.17) is 14.2 Å². The summed E-state index contributed by atoms with van der Waals surface area (Å²) >= 11 is 0. The van der Waals surface area contributed by atoms with Crippen molar-refractivity contribution < 1.29 is 42.5 Å². The number of aromatic nitrogens is 2. The summed E-state index contributed by atoms with van der Waals surface area (Å²) in [6, 6.07) is 2.15. The Bertz CT molecular complexity index is 1460. The Morgan fingerprint density at radius 1 is 1.16 bits per heavy atom. The smallest absolute Gasteiger partial charge is 0.408 e. The monoisotopic (exact) mass is 602 g/mol. The molecule has 1 aromatic carbocycles. The fraction of sp³-hybridized carbons (Fsp3) is 0.567. The second-order valence-electron chi connectivity index (χ2n) is 12.5. The minimum absolute atomic E-state index is 0.00221. The molecule has 6 atom stereocenters. The molecular formula is C30H36F2N4O7. The summed E-state index contributed by atoms with van der Waals surface area (Å²) in [5.41, 5.74) is -1.10. The van der Waals surface area contributed by atoms with Gasteiger partial charge in [-0.15, -0.1) is 0 Å². The van der Waals surface area contributed by atoms with Crippen LogP contribution in [-0.2, 0) is 20.2 Å². The number of nitrogens with one attached hydrogen (secondary N) is 1. The number of halogens is 2. The molecule has 2 aromatic rings. The highest BCUT2D eigenvalue weighted by Crippen LogP contribution is 2.41. The Labute approximate surface area is 247 Å². The molecule has 5 rings (SSSR count). The van der Waals surface area contributed by atoms with Crippen molar-refractivity contribution in [2.75, 3.05) is 13.7 Å². The highest BCUT2D eigenvalue weighted by atomic mass is 19.3. The van der Waals surface area contributed by atoms with E-state index in [1.165, 1.54) is 25.3 Å². The predicted molar refractivity (Wildman–Crippen MR) is 150 cm³/mol. The van der Waals surface area contributed by atoms with Crippen LogP contribution < -0.4 is 14.8 Å². The van der Waals surface area contributed by atoms with E-state index < -0.39 is 71.1 Å². The number of ether oxygens (including phenoxy) is 3. The predicted octanol–water partition coefficient (Wildman–Crippen LogP) is 4.29. The quantitative estimate of drug-likeness (QED) is 0.482. The summed E-state index contributed by atoms with van der Waals surface area (Å²) < 4.78 is 48.2. The average Bonchev–Trinajstić information content (AvgIpc) is 3.58. The molecular weight excluding hydrogens is 566 g/mol. The summed E-state index contributed by atoms with van der Waals surface area (Å²) in [4.78, 5) is 48.8. The second kappa shape index (κ2) is 11.2. The van der Waals surface area contributed by atoms with Gasteiger partial charge in [-0.3, -0.25) is 4.79 Å². The first-order valence-electron chi connectivity index (χ1n) is 14.3. The lowest BCUT2D eigenvalue weighted by atomic mass is 9.85. The van der Waals surface area contributed by atoms with E-state index in [0.29, 0.717) is 25.0 Å². The van der Waals surface area contributed by atoms with Crippen molar-refractivity contribution in [2.45, 2.75) is 77.2 Å². The zero-order chi connectivity index (χ0) is 31.3. The number of carboxylic acids is 1. The van der Waals surface area contributed by atoms with Crippen LogP contribution in [0, 0.1) is 17.3 Å². The molecule has 2 bridgehead atoms. The van der Waals surface area contributed by atoms with Gasteiger partial charge in [0.2, 0.25) is 11.8 Å². The van der Waals surface area contributed by atoms with Crippen LogP contribution in [0.15, 0.2) is 30.4 Å². The van der Waals surface area contributed by atoms with Crippen LogP contribution >= 0.6 is 0 Å². The summed E-state index contributed by atoms with van der Waals surface area (Å²) in [6.07, 6.45) is 1.31. The number of carboxylic acid groups (broad SMARTS) is 1. The molecule has 2 aliphatic heterocycles. The fourth-order valence-corrected chi connectivity index (χ4v) is 5.67.